The molecule has 0 radical (unpaired) electrons. The molecule has 1 aromatic carbocycles. The van der Waals surface area contributed by atoms with Crippen molar-refractivity contribution >= 4 is 52.9 Å². The highest BCUT2D eigenvalue weighted by molar-refractivity contribution is 6.42. The summed E-state index contributed by atoms with van der Waals surface area (Å²) in [5.41, 5.74) is 5.60. The van der Waals surface area contributed by atoms with Gasteiger partial charge in [0.1, 0.15) is 16.9 Å². The topological polar surface area (TPSA) is 112 Å². The summed E-state index contributed by atoms with van der Waals surface area (Å²) in [5, 5.41) is 3.12. The van der Waals surface area contributed by atoms with E-state index in [9.17, 15) is 14.4 Å². The maximum atomic E-state index is 12.1. The average molecular weight is 411 g/mol. The van der Waals surface area contributed by atoms with Crippen LogP contribution >= 0.6 is 23.2 Å². The van der Waals surface area contributed by atoms with E-state index in [4.69, 9.17) is 38.1 Å². The Morgan fingerprint density at radius 2 is 1.93 bits per heavy atom. The maximum Gasteiger partial charge on any atom is 0.342 e. The first-order valence-corrected chi connectivity index (χ1v) is 8.54. The van der Waals surface area contributed by atoms with Crippen molar-refractivity contribution in [3.8, 4) is 0 Å². The molecule has 0 saturated heterocycles. The van der Waals surface area contributed by atoms with Gasteiger partial charge in [0, 0.05) is 6.08 Å². The number of primary amides is 1. The van der Waals surface area contributed by atoms with Crippen LogP contribution in [-0.2, 0) is 9.53 Å². The number of benzene rings is 1. The molecule has 2 amide bonds. The van der Waals surface area contributed by atoms with Crippen LogP contribution in [0.2, 0.25) is 10.0 Å². The Hall–Kier alpha value is -2.77. The lowest BCUT2D eigenvalue weighted by atomic mass is 10.1. The van der Waals surface area contributed by atoms with E-state index in [1.54, 1.807) is 25.1 Å². The molecular weight excluding hydrogens is 395 g/mol. The normalized spacial score (nSPS) is 10.8. The molecule has 0 atom stereocenters. The number of hydrogen-bond acceptors (Lipinski definition) is 5. The minimum atomic E-state index is -0.932. The van der Waals surface area contributed by atoms with Crippen LogP contribution in [0.25, 0.3) is 6.08 Å². The zero-order valence-electron chi connectivity index (χ0n) is 14.5. The average Bonchev–Trinajstić information content (AvgIpc) is 2.92. The monoisotopic (exact) mass is 410 g/mol. The maximum absolute atomic E-state index is 12.1. The van der Waals surface area contributed by atoms with E-state index in [2.05, 4.69) is 5.32 Å². The van der Waals surface area contributed by atoms with Gasteiger partial charge in [0.05, 0.1) is 16.7 Å². The molecule has 3 N–H and O–H groups in total. The highest BCUT2D eigenvalue weighted by Gasteiger charge is 2.28. The van der Waals surface area contributed by atoms with Gasteiger partial charge in [-0.15, -0.1) is 0 Å². The number of hydrogen-bond donors (Lipinski definition) is 2. The van der Waals surface area contributed by atoms with E-state index in [-0.39, 0.29) is 29.4 Å². The largest absolute Gasteiger partial charge is 0.462 e. The van der Waals surface area contributed by atoms with Crippen molar-refractivity contribution in [1.82, 2.24) is 0 Å². The molecule has 142 valence electrons. The molecule has 0 spiro atoms. The van der Waals surface area contributed by atoms with E-state index >= 15 is 0 Å². The molecule has 27 heavy (non-hydrogen) atoms. The van der Waals surface area contributed by atoms with Gasteiger partial charge in [-0.2, -0.15) is 0 Å². The van der Waals surface area contributed by atoms with Gasteiger partial charge in [0.2, 0.25) is 5.88 Å². The second kappa shape index (κ2) is 8.75. The van der Waals surface area contributed by atoms with Crippen LogP contribution in [0.1, 0.15) is 39.0 Å². The Kier molecular flexibility index (Phi) is 6.65. The summed E-state index contributed by atoms with van der Waals surface area (Å²) in [5.74, 6) is -2.43. The number of carbonyl (C=O) groups is 3. The molecule has 0 aliphatic carbocycles. The second-order valence-corrected chi connectivity index (χ2v) is 6.13. The summed E-state index contributed by atoms with van der Waals surface area (Å²) in [4.78, 5) is 35.9. The van der Waals surface area contributed by atoms with Crippen LogP contribution in [-0.4, -0.2) is 24.4 Å². The molecule has 0 unspecified atom stereocenters. The predicted molar refractivity (Wildman–Crippen MR) is 102 cm³/mol. The van der Waals surface area contributed by atoms with Crippen LogP contribution in [0.4, 0.5) is 5.88 Å². The zero-order valence-corrected chi connectivity index (χ0v) is 16.0. The standard InChI is InChI=1S/C18H16Cl2N2O5/c1-3-26-18(25)14-9(2)27-17(15(14)16(21)24)22-13(23)7-5-10-4-6-11(19)12(20)8-10/h4-8H,3H2,1-2H3,(H2,21,24)(H,22,23)/b7-5+. The third-order valence-electron chi connectivity index (χ3n) is 3.42. The van der Waals surface area contributed by atoms with Gasteiger partial charge in [0.15, 0.2) is 0 Å². The summed E-state index contributed by atoms with van der Waals surface area (Å²) < 4.78 is 10.2. The van der Waals surface area contributed by atoms with Crippen molar-refractivity contribution < 1.29 is 23.5 Å². The molecule has 0 bridgehead atoms. The van der Waals surface area contributed by atoms with Crippen molar-refractivity contribution in [2.24, 2.45) is 5.73 Å². The van der Waals surface area contributed by atoms with E-state index in [0.29, 0.717) is 15.6 Å². The number of aryl methyl sites for hydroxylation is 1. The molecule has 2 aromatic rings. The van der Waals surface area contributed by atoms with Gasteiger partial charge in [0.25, 0.3) is 11.8 Å². The Labute approximate surface area is 165 Å². The van der Waals surface area contributed by atoms with Crippen LogP contribution < -0.4 is 11.1 Å². The fourth-order valence-electron chi connectivity index (χ4n) is 2.26. The first-order valence-electron chi connectivity index (χ1n) is 7.79. The number of esters is 1. The number of amides is 2. The number of halogens is 2. The molecule has 0 aliphatic rings. The number of rotatable bonds is 6. The van der Waals surface area contributed by atoms with Crippen LogP contribution in [0.5, 0.6) is 0 Å². The van der Waals surface area contributed by atoms with E-state index in [1.807, 2.05) is 0 Å². The van der Waals surface area contributed by atoms with Crippen LogP contribution in [0.3, 0.4) is 0 Å². The summed E-state index contributed by atoms with van der Waals surface area (Å²) >= 11 is 11.7. The quantitative estimate of drug-likeness (QED) is 0.555. The lowest BCUT2D eigenvalue weighted by Gasteiger charge is -2.03. The number of ether oxygens (including phenoxy) is 1. The molecule has 1 heterocycles. The minimum Gasteiger partial charge on any atom is -0.462 e. The van der Waals surface area contributed by atoms with Crippen molar-refractivity contribution in [2.75, 3.05) is 11.9 Å². The first kappa shape index (κ1) is 20.5. The predicted octanol–water partition coefficient (Wildman–Crippen LogP) is 3.82. The Morgan fingerprint density at radius 1 is 1.22 bits per heavy atom. The van der Waals surface area contributed by atoms with Gasteiger partial charge in [-0.05, 0) is 37.6 Å². The second-order valence-electron chi connectivity index (χ2n) is 5.32. The third-order valence-corrected chi connectivity index (χ3v) is 4.16. The molecule has 9 heteroatoms. The smallest absolute Gasteiger partial charge is 0.342 e. The Bertz CT molecular complexity index is 934. The van der Waals surface area contributed by atoms with Crippen molar-refractivity contribution in [3.63, 3.8) is 0 Å². The minimum absolute atomic E-state index is 0.103. The zero-order chi connectivity index (χ0) is 20.1. The molecular formula is C18H16Cl2N2O5. The van der Waals surface area contributed by atoms with Gasteiger partial charge < -0.3 is 14.9 Å². The lowest BCUT2D eigenvalue weighted by molar-refractivity contribution is -0.111. The van der Waals surface area contributed by atoms with Crippen LogP contribution in [0.15, 0.2) is 28.7 Å². The number of nitrogens with one attached hydrogen (secondary N) is 1. The Balaban J connectivity index is 2.25. The summed E-state index contributed by atoms with van der Waals surface area (Å²) in [6, 6.07) is 4.84. The molecule has 0 fully saturated rings. The summed E-state index contributed by atoms with van der Waals surface area (Å²) in [6.07, 6.45) is 2.69. The summed E-state index contributed by atoms with van der Waals surface area (Å²) in [7, 11) is 0. The van der Waals surface area contributed by atoms with E-state index < -0.39 is 17.8 Å². The van der Waals surface area contributed by atoms with Gasteiger partial charge in [-0.25, -0.2) is 4.79 Å². The van der Waals surface area contributed by atoms with E-state index in [1.165, 1.54) is 19.1 Å². The van der Waals surface area contributed by atoms with Crippen LogP contribution in [0, 0.1) is 6.92 Å². The van der Waals surface area contributed by atoms with E-state index in [0.717, 1.165) is 0 Å². The molecule has 7 nitrogen and oxygen atoms in total. The highest BCUT2D eigenvalue weighted by atomic mass is 35.5. The molecule has 2 rings (SSSR count). The Morgan fingerprint density at radius 3 is 2.52 bits per heavy atom. The molecule has 1 aromatic heterocycles. The lowest BCUT2D eigenvalue weighted by Crippen LogP contribution is -2.19. The van der Waals surface area contributed by atoms with Crippen molar-refractivity contribution in [3.05, 3.63) is 56.8 Å². The highest BCUT2D eigenvalue weighted by Crippen LogP contribution is 2.28. The van der Waals surface area contributed by atoms with Gasteiger partial charge in [-0.3, -0.25) is 14.9 Å². The van der Waals surface area contributed by atoms with Gasteiger partial charge >= 0.3 is 5.97 Å². The molecule has 0 saturated carbocycles. The fourth-order valence-corrected chi connectivity index (χ4v) is 2.56. The summed E-state index contributed by atoms with van der Waals surface area (Å²) in [6.45, 7) is 3.18. The number of nitrogens with two attached hydrogens (primary N) is 1. The third kappa shape index (κ3) is 4.90. The number of furan rings is 1. The molecule has 0 aliphatic heterocycles. The fraction of sp³-hybridized carbons (Fsp3) is 0.167. The van der Waals surface area contributed by atoms with Crippen molar-refractivity contribution in [1.29, 1.82) is 0 Å². The number of carbonyl (C=O) groups excluding carboxylic acids is 3. The van der Waals surface area contributed by atoms with Crippen molar-refractivity contribution in [2.45, 2.75) is 13.8 Å². The SMILES string of the molecule is CCOC(=O)c1c(C)oc(NC(=O)/C=C/c2ccc(Cl)c(Cl)c2)c1C(N)=O. The van der Waals surface area contributed by atoms with Gasteiger partial charge in [-0.1, -0.05) is 29.3 Å². The first-order chi connectivity index (χ1) is 12.7. The number of anilines is 1.